The van der Waals surface area contributed by atoms with E-state index >= 15 is 0 Å². The number of nitrogens with one attached hydrogen (secondary N) is 1. The topological polar surface area (TPSA) is 23.0 Å². The molecule has 1 aromatic carbocycles. The summed E-state index contributed by atoms with van der Waals surface area (Å²) in [5.74, 6) is 1.96. The summed E-state index contributed by atoms with van der Waals surface area (Å²) in [5, 5.41) is 3.21. The molecule has 0 saturated carbocycles. The molecular formula is C34H42N4S2+2. The van der Waals surface area contributed by atoms with Gasteiger partial charge in [-0.1, -0.05) is 53.3 Å². The first-order chi connectivity index (χ1) is 19.6. The largest absolute Gasteiger partial charge is 0.319 e. The van der Waals surface area contributed by atoms with Crippen molar-refractivity contribution in [3.63, 3.8) is 0 Å². The van der Waals surface area contributed by atoms with Crippen LogP contribution in [0.4, 0.5) is 0 Å². The summed E-state index contributed by atoms with van der Waals surface area (Å²) in [4.78, 5) is 2.26. The van der Waals surface area contributed by atoms with Crippen molar-refractivity contribution in [1.82, 2.24) is 10.2 Å². The van der Waals surface area contributed by atoms with Crippen LogP contribution >= 0.6 is 21.6 Å². The summed E-state index contributed by atoms with van der Waals surface area (Å²) in [6, 6.07) is 22.2. The molecule has 1 N–H and O–H groups in total. The van der Waals surface area contributed by atoms with Crippen LogP contribution in [0.3, 0.4) is 0 Å². The number of allylic oxidation sites excluding steroid dienone is 3. The Morgan fingerprint density at radius 2 is 1.60 bits per heavy atom. The zero-order chi connectivity index (χ0) is 28.0. The van der Waals surface area contributed by atoms with Gasteiger partial charge in [0.2, 0.25) is 17.3 Å². The summed E-state index contributed by atoms with van der Waals surface area (Å²) in [5.41, 5.74) is 6.32. The standard InChI is InChI=1S/C34H42N4S2/c1-35-23-22-31-12-10-29(11-13-31)17-21-34-9-5-7-25-38(34)28-40-39-27-26-37-24-6-4-8-33(37)20-16-30-14-18-32(19-15-30)36(2)3/h4-18,20-21,24-25,32,35H,19,22-23,26-28H2,1-3H3/q+2/b20-16+,21-17+. The van der Waals surface area contributed by atoms with Crippen molar-refractivity contribution in [3.05, 3.63) is 125 Å². The van der Waals surface area contributed by atoms with Gasteiger partial charge in [0.1, 0.15) is 0 Å². The fraction of sp³-hybridized carbons (Fsp3) is 0.294. The molecule has 4 nitrogen and oxygen atoms in total. The molecule has 208 valence electrons. The van der Waals surface area contributed by atoms with E-state index in [2.05, 4.69) is 149 Å². The lowest BCUT2D eigenvalue weighted by Gasteiger charge is -2.22. The van der Waals surface area contributed by atoms with Gasteiger partial charge in [-0.15, -0.1) is 0 Å². The maximum Gasteiger partial charge on any atom is 0.205 e. The van der Waals surface area contributed by atoms with Crippen molar-refractivity contribution in [3.8, 4) is 0 Å². The van der Waals surface area contributed by atoms with Crippen LogP contribution in [0.15, 0.2) is 103 Å². The zero-order valence-corrected chi connectivity index (χ0v) is 25.6. The molecule has 2 aromatic heterocycles. The Bertz CT molecular complexity index is 1330. The second kappa shape index (κ2) is 16.4. The van der Waals surface area contributed by atoms with Crippen molar-refractivity contribution < 1.29 is 9.13 Å². The summed E-state index contributed by atoms with van der Waals surface area (Å²) >= 11 is 0. The average molecular weight is 571 g/mol. The minimum absolute atomic E-state index is 0.500. The van der Waals surface area contributed by atoms with E-state index in [-0.39, 0.29) is 0 Å². The van der Waals surface area contributed by atoms with Gasteiger partial charge in [0.15, 0.2) is 18.9 Å². The van der Waals surface area contributed by atoms with E-state index in [4.69, 9.17) is 0 Å². The van der Waals surface area contributed by atoms with E-state index < -0.39 is 0 Å². The van der Waals surface area contributed by atoms with Gasteiger partial charge in [0.25, 0.3) is 0 Å². The smallest absolute Gasteiger partial charge is 0.205 e. The van der Waals surface area contributed by atoms with Crippen molar-refractivity contribution in [1.29, 1.82) is 0 Å². The first-order valence-electron chi connectivity index (χ1n) is 14.0. The highest BCUT2D eigenvalue weighted by Crippen LogP contribution is 2.21. The molecule has 1 atom stereocenters. The molecule has 2 heterocycles. The van der Waals surface area contributed by atoms with Crippen molar-refractivity contribution in [2.75, 3.05) is 33.4 Å². The minimum atomic E-state index is 0.500. The molecular weight excluding hydrogens is 529 g/mol. The maximum absolute atomic E-state index is 3.21. The van der Waals surface area contributed by atoms with Gasteiger partial charge in [0, 0.05) is 42.5 Å². The number of aryl methyl sites for hydroxylation is 1. The minimum Gasteiger partial charge on any atom is -0.319 e. The molecule has 0 spiro atoms. The second-order valence-electron chi connectivity index (χ2n) is 10.1. The molecule has 0 saturated heterocycles. The van der Waals surface area contributed by atoms with Gasteiger partial charge in [0.05, 0.1) is 5.75 Å². The maximum atomic E-state index is 3.21. The summed E-state index contributed by atoms with van der Waals surface area (Å²) in [6.07, 6.45) is 22.2. The van der Waals surface area contributed by atoms with Crippen LogP contribution in [-0.2, 0) is 18.8 Å². The molecule has 0 radical (unpaired) electrons. The average Bonchev–Trinajstić information content (AvgIpc) is 2.99. The first kappa shape index (κ1) is 30.1. The number of benzene rings is 1. The monoisotopic (exact) mass is 570 g/mol. The van der Waals surface area contributed by atoms with Crippen LogP contribution in [0.5, 0.6) is 0 Å². The van der Waals surface area contributed by atoms with Gasteiger partial charge < -0.3 is 10.2 Å². The normalized spacial score (nSPS) is 15.4. The van der Waals surface area contributed by atoms with E-state index in [1.165, 1.54) is 28.1 Å². The number of rotatable bonds is 14. The van der Waals surface area contributed by atoms with Crippen LogP contribution in [0.2, 0.25) is 0 Å². The highest BCUT2D eigenvalue weighted by atomic mass is 33.1. The third kappa shape index (κ3) is 9.63. The fourth-order valence-electron chi connectivity index (χ4n) is 4.45. The van der Waals surface area contributed by atoms with Crippen LogP contribution in [0, 0.1) is 0 Å². The first-order valence-corrected chi connectivity index (χ1v) is 16.5. The van der Waals surface area contributed by atoms with Gasteiger partial charge in [-0.05, 0) is 92.3 Å². The van der Waals surface area contributed by atoms with Crippen LogP contribution in [0.1, 0.15) is 28.9 Å². The second-order valence-corrected chi connectivity index (χ2v) is 12.6. The van der Waals surface area contributed by atoms with E-state index in [1.807, 2.05) is 28.6 Å². The van der Waals surface area contributed by atoms with Crippen molar-refractivity contribution in [2.45, 2.75) is 31.3 Å². The molecule has 1 aliphatic rings. The van der Waals surface area contributed by atoms with Crippen molar-refractivity contribution in [2.24, 2.45) is 0 Å². The van der Waals surface area contributed by atoms with Crippen LogP contribution < -0.4 is 14.5 Å². The van der Waals surface area contributed by atoms with E-state index in [1.54, 1.807) is 0 Å². The predicted octanol–water partition coefficient (Wildman–Crippen LogP) is 6.06. The molecule has 40 heavy (non-hydrogen) atoms. The van der Waals surface area contributed by atoms with Gasteiger partial charge in [-0.3, -0.25) is 0 Å². The Kier molecular flexibility index (Phi) is 12.3. The molecule has 0 aliphatic heterocycles. The van der Waals surface area contributed by atoms with E-state index in [0.717, 1.165) is 37.6 Å². The Morgan fingerprint density at radius 3 is 2.30 bits per heavy atom. The SMILES string of the molecule is CNCCc1ccc(/C=C/c2cccc[n+]2CSSCC[n+]2ccccc2/C=C/C2=CCC(N(C)C)C=C2)cc1. The molecule has 1 aliphatic carbocycles. The van der Waals surface area contributed by atoms with Gasteiger partial charge in [-0.2, -0.15) is 9.13 Å². The van der Waals surface area contributed by atoms with Gasteiger partial charge >= 0.3 is 0 Å². The third-order valence-corrected chi connectivity index (χ3v) is 9.16. The molecule has 3 aromatic rings. The third-order valence-electron chi connectivity index (χ3n) is 6.95. The molecule has 0 amide bonds. The molecule has 0 fully saturated rings. The predicted molar refractivity (Wildman–Crippen MR) is 175 cm³/mol. The number of pyridine rings is 2. The lowest BCUT2D eigenvalue weighted by Crippen LogP contribution is -2.37. The van der Waals surface area contributed by atoms with Crippen LogP contribution in [0.25, 0.3) is 18.2 Å². The number of likely N-dealkylation sites (N-methyl/N-ethyl adjacent to an activating group) is 2. The fourth-order valence-corrected chi connectivity index (χ4v) is 6.41. The highest BCUT2D eigenvalue weighted by molar-refractivity contribution is 8.76. The highest BCUT2D eigenvalue weighted by Gasteiger charge is 2.11. The number of hydrogen-bond acceptors (Lipinski definition) is 4. The lowest BCUT2D eigenvalue weighted by atomic mass is 10.0. The van der Waals surface area contributed by atoms with Crippen LogP contribution in [-0.4, -0.2) is 44.4 Å². The summed E-state index contributed by atoms with van der Waals surface area (Å²) < 4.78 is 4.65. The quantitative estimate of drug-likeness (QED) is 0.145. The number of aromatic nitrogens is 2. The van der Waals surface area contributed by atoms with E-state index in [0.29, 0.717) is 6.04 Å². The summed E-state index contributed by atoms with van der Waals surface area (Å²) in [6.45, 7) is 1.98. The Morgan fingerprint density at radius 1 is 0.875 bits per heavy atom. The van der Waals surface area contributed by atoms with E-state index in [9.17, 15) is 0 Å². The lowest BCUT2D eigenvalue weighted by molar-refractivity contribution is -0.694. The Labute approximate surface area is 248 Å². The molecule has 0 bridgehead atoms. The summed E-state index contributed by atoms with van der Waals surface area (Å²) in [7, 11) is 10.1. The molecule has 1 unspecified atom stereocenters. The molecule has 6 heteroatoms. The number of nitrogens with zero attached hydrogens (tertiary/aromatic N) is 3. The van der Waals surface area contributed by atoms with Crippen molar-refractivity contribution >= 4 is 39.8 Å². The zero-order valence-electron chi connectivity index (χ0n) is 23.9. The Hall–Kier alpha value is -2.90. The molecule has 4 rings (SSSR count). The Balaban J connectivity index is 1.25. The van der Waals surface area contributed by atoms with Gasteiger partial charge in [-0.25, -0.2) is 0 Å². The number of hydrogen-bond donors (Lipinski definition) is 1.